The molecule has 4 aliphatic carbocycles. The van der Waals surface area contributed by atoms with E-state index in [1.165, 1.54) is 61.2 Å². The van der Waals surface area contributed by atoms with Crippen molar-refractivity contribution in [2.75, 3.05) is 0 Å². The standard InChI is InChI=1S/C53H38N2/c1-3-15-35(16-4-1)50-34-51(36-17-5-2-6-18-36)55-52(54-50)41-22-14-21-39(32-41)37-19-13-20-38(31-37)40-29-30-45-44-25-9-12-28-48(44)53(49(45)33-40)46-26-10-7-23-42(46)43-24-8-11-27-47(43)53/h1,3-5,7-8,10-24,26-34H,2,6,9,25H2. The van der Waals surface area contributed by atoms with Gasteiger partial charge in [0.1, 0.15) is 0 Å². The first-order valence-electron chi connectivity index (χ1n) is 19.5. The van der Waals surface area contributed by atoms with Crippen LogP contribution in [0.25, 0.3) is 67.2 Å². The van der Waals surface area contributed by atoms with Crippen LogP contribution in [0.5, 0.6) is 0 Å². The number of nitrogens with zero attached hydrogens (tertiary/aromatic N) is 2. The van der Waals surface area contributed by atoms with E-state index in [0.717, 1.165) is 65.2 Å². The minimum atomic E-state index is -0.312. The predicted octanol–water partition coefficient (Wildman–Crippen LogP) is 13.3. The van der Waals surface area contributed by atoms with Gasteiger partial charge >= 0.3 is 0 Å². The summed E-state index contributed by atoms with van der Waals surface area (Å²) < 4.78 is 0. The monoisotopic (exact) mass is 702 g/mol. The van der Waals surface area contributed by atoms with Gasteiger partial charge in [-0.15, -0.1) is 0 Å². The maximum absolute atomic E-state index is 5.14. The lowest BCUT2D eigenvalue weighted by atomic mass is 9.69. The van der Waals surface area contributed by atoms with E-state index in [9.17, 15) is 0 Å². The molecule has 2 nitrogen and oxygen atoms in total. The third-order valence-corrected chi connectivity index (χ3v) is 12.0. The van der Waals surface area contributed by atoms with Gasteiger partial charge in [-0.05, 0) is 122 Å². The van der Waals surface area contributed by atoms with Crippen LogP contribution in [0.1, 0.15) is 53.6 Å². The average molecular weight is 703 g/mol. The van der Waals surface area contributed by atoms with Gasteiger partial charge in [0.05, 0.1) is 16.8 Å². The maximum atomic E-state index is 5.14. The number of rotatable bonds is 5. The Morgan fingerprint density at radius 2 is 1.04 bits per heavy atom. The molecular formula is C53H38N2. The molecule has 1 heterocycles. The number of benzene rings is 6. The molecule has 260 valence electrons. The Morgan fingerprint density at radius 1 is 0.418 bits per heavy atom. The summed E-state index contributed by atoms with van der Waals surface area (Å²) in [5.41, 5.74) is 20.8. The number of hydrogen-bond donors (Lipinski definition) is 0. The molecule has 0 radical (unpaired) electrons. The Morgan fingerprint density at radius 3 is 1.76 bits per heavy atom. The van der Waals surface area contributed by atoms with Crippen LogP contribution in [0.2, 0.25) is 0 Å². The molecule has 1 aromatic heterocycles. The van der Waals surface area contributed by atoms with Crippen LogP contribution in [0.15, 0.2) is 188 Å². The molecule has 6 aromatic carbocycles. The number of fused-ring (bicyclic) bond motifs is 9. The third kappa shape index (κ3) is 5.02. The molecule has 0 bridgehead atoms. The molecule has 0 saturated carbocycles. The van der Waals surface area contributed by atoms with E-state index in [1.807, 2.05) is 6.07 Å². The molecule has 0 atom stereocenters. The van der Waals surface area contributed by atoms with Crippen molar-refractivity contribution in [2.45, 2.75) is 31.1 Å². The first-order valence-corrected chi connectivity index (χ1v) is 19.5. The highest BCUT2D eigenvalue weighted by Crippen LogP contribution is 2.63. The Hall–Kier alpha value is -6.64. The highest BCUT2D eigenvalue weighted by molar-refractivity contribution is 5.97. The molecule has 55 heavy (non-hydrogen) atoms. The van der Waals surface area contributed by atoms with Crippen molar-refractivity contribution in [1.82, 2.24) is 9.97 Å². The second-order valence-corrected chi connectivity index (χ2v) is 15.1. The Kier molecular flexibility index (Phi) is 7.38. The Labute approximate surface area is 322 Å². The summed E-state index contributed by atoms with van der Waals surface area (Å²) in [4.78, 5) is 10.3. The van der Waals surface area contributed by atoms with Crippen LogP contribution < -0.4 is 0 Å². The maximum Gasteiger partial charge on any atom is 0.160 e. The zero-order valence-corrected chi connectivity index (χ0v) is 30.5. The molecule has 0 amide bonds. The van der Waals surface area contributed by atoms with Crippen LogP contribution >= 0.6 is 0 Å². The van der Waals surface area contributed by atoms with Crippen LogP contribution in [-0.4, -0.2) is 9.97 Å². The van der Waals surface area contributed by atoms with Gasteiger partial charge in [-0.3, -0.25) is 0 Å². The minimum absolute atomic E-state index is 0.312. The normalized spacial score (nSPS) is 15.7. The zero-order valence-electron chi connectivity index (χ0n) is 30.5. The van der Waals surface area contributed by atoms with Crippen molar-refractivity contribution in [3.8, 4) is 56.0 Å². The molecule has 0 aliphatic heterocycles. The Bertz CT molecular complexity index is 2770. The van der Waals surface area contributed by atoms with Gasteiger partial charge in [-0.25, -0.2) is 9.97 Å². The van der Waals surface area contributed by atoms with Crippen LogP contribution in [0, 0.1) is 0 Å². The summed E-state index contributed by atoms with van der Waals surface area (Å²) in [5.74, 6) is 0.737. The Balaban J connectivity index is 1.01. The summed E-state index contributed by atoms with van der Waals surface area (Å²) in [6, 6.07) is 55.6. The highest BCUT2D eigenvalue weighted by Gasteiger charge is 2.52. The van der Waals surface area contributed by atoms with Crippen LogP contribution in [-0.2, 0) is 5.41 Å². The van der Waals surface area contributed by atoms with Crippen LogP contribution in [0.3, 0.4) is 0 Å². The van der Waals surface area contributed by atoms with Crippen molar-refractivity contribution in [1.29, 1.82) is 0 Å². The summed E-state index contributed by atoms with van der Waals surface area (Å²) in [6.45, 7) is 0. The average Bonchev–Trinajstić information content (AvgIpc) is 3.74. The fourth-order valence-corrected chi connectivity index (χ4v) is 9.55. The first kappa shape index (κ1) is 31.8. The summed E-state index contributed by atoms with van der Waals surface area (Å²) in [5, 5.41) is 0. The smallest absolute Gasteiger partial charge is 0.160 e. The molecule has 4 aliphatic rings. The van der Waals surface area contributed by atoms with Gasteiger partial charge in [0.2, 0.25) is 0 Å². The number of aromatic nitrogens is 2. The molecular weight excluding hydrogens is 665 g/mol. The van der Waals surface area contributed by atoms with E-state index in [0.29, 0.717) is 0 Å². The molecule has 1 spiro atoms. The SMILES string of the molecule is C1=CC(c2cc(-c3ccccc3)nc(-c3cccc(-c4cccc(-c5ccc6c(c5)C5(C7=C6CCC=C7)c6ccccc6-c6ccccc65)c4)c3)n2)=CCC1. The van der Waals surface area contributed by atoms with Crippen molar-refractivity contribution in [2.24, 2.45) is 0 Å². The van der Waals surface area contributed by atoms with Gasteiger partial charge < -0.3 is 0 Å². The summed E-state index contributed by atoms with van der Waals surface area (Å²) >= 11 is 0. The minimum Gasteiger partial charge on any atom is -0.228 e. The van der Waals surface area contributed by atoms with Gasteiger partial charge in [-0.1, -0.05) is 158 Å². The van der Waals surface area contributed by atoms with E-state index in [1.54, 1.807) is 0 Å². The fraction of sp³-hybridized carbons (Fsp3) is 0.0943. The van der Waals surface area contributed by atoms with E-state index >= 15 is 0 Å². The topological polar surface area (TPSA) is 25.8 Å². The zero-order chi connectivity index (χ0) is 36.3. The van der Waals surface area contributed by atoms with E-state index in [2.05, 4.69) is 176 Å². The van der Waals surface area contributed by atoms with Crippen molar-refractivity contribution >= 4 is 11.1 Å². The number of hydrogen-bond acceptors (Lipinski definition) is 2. The van der Waals surface area contributed by atoms with Crippen molar-refractivity contribution in [3.05, 3.63) is 216 Å². The largest absolute Gasteiger partial charge is 0.228 e. The van der Waals surface area contributed by atoms with E-state index < -0.39 is 0 Å². The quantitative estimate of drug-likeness (QED) is 0.178. The van der Waals surface area contributed by atoms with Crippen molar-refractivity contribution < 1.29 is 0 Å². The van der Waals surface area contributed by atoms with Gasteiger partial charge in [0.25, 0.3) is 0 Å². The highest BCUT2D eigenvalue weighted by atomic mass is 14.9. The molecule has 0 saturated heterocycles. The summed E-state index contributed by atoms with van der Waals surface area (Å²) in [7, 11) is 0. The molecule has 0 fully saturated rings. The number of allylic oxidation sites excluding steroid dienone is 8. The third-order valence-electron chi connectivity index (χ3n) is 12.0. The molecule has 2 heteroatoms. The van der Waals surface area contributed by atoms with E-state index in [-0.39, 0.29) is 5.41 Å². The van der Waals surface area contributed by atoms with Crippen LogP contribution in [0.4, 0.5) is 0 Å². The first-order chi connectivity index (χ1) is 27.3. The lowest BCUT2D eigenvalue weighted by molar-refractivity contribution is 0.781. The predicted molar refractivity (Wildman–Crippen MR) is 227 cm³/mol. The lowest BCUT2D eigenvalue weighted by Crippen LogP contribution is -2.27. The second kappa shape index (κ2) is 12.7. The molecule has 0 N–H and O–H groups in total. The van der Waals surface area contributed by atoms with Gasteiger partial charge in [0.15, 0.2) is 5.82 Å². The van der Waals surface area contributed by atoms with Crippen molar-refractivity contribution in [3.63, 3.8) is 0 Å². The lowest BCUT2D eigenvalue weighted by Gasteiger charge is -2.32. The van der Waals surface area contributed by atoms with Gasteiger partial charge in [-0.2, -0.15) is 0 Å². The fourth-order valence-electron chi connectivity index (χ4n) is 9.55. The van der Waals surface area contributed by atoms with E-state index in [4.69, 9.17) is 9.97 Å². The molecule has 0 unspecified atom stereocenters. The van der Waals surface area contributed by atoms with Gasteiger partial charge in [0, 0.05) is 11.1 Å². The second-order valence-electron chi connectivity index (χ2n) is 15.1. The molecule has 7 aromatic rings. The summed E-state index contributed by atoms with van der Waals surface area (Å²) in [6.07, 6.45) is 15.8. The molecule has 11 rings (SSSR count).